The van der Waals surface area contributed by atoms with Crippen LogP contribution in [-0.4, -0.2) is 28.1 Å². The summed E-state index contributed by atoms with van der Waals surface area (Å²) >= 11 is 6.02. The second kappa shape index (κ2) is 7.07. The van der Waals surface area contributed by atoms with Gasteiger partial charge in [0.25, 0.3) is 0 Å². The summed E-state index contributed by atoms with van der Waals surface area (Å²) in [5, 5.41) is 0. The van der Waals surface area contributed by atoms with Gasteiger partial charge in [-0.3, -0.25) is 0 Å². The summed E-state index contributed by atoms with van der Waals surface area (Å²) in [5.41, 5.74) is 0. The first-order valence-corrected chi connectivity index (χ1v) is 6.11. The van der Waals surface area contributed by atoms with Crippen molar-refractivity contribution in [3.8, 4) is 23.6 Å². The zero-order valence-electron chi connectivity index (χ0n) is 10.9. The van der Waals surface area contributed by atoms with Gasteiger partial charge >= 0.3 is 0 Å². The van der Waals surface area contributed by atoms with Gasteiger partial charge in [-0.1, -0.05) is 12.8 Å². The fourth-order valence-corrected chi connectivity index (χ4v) is 1.07. The van der Waals surface area contributed by atoms with E-state index in [-0.39, 0.29) is 0 Å². The molecule has 1 rings (SSSR count). The van der Waals surface area contributed by atoms with Crippen molar-refractivity contribution in [3.05, 3.63) is 12.4 Å². The maximum absolute atomic E-state index is 6.02. The predicted octanol–water partition coefficient (Wildman–Crippen LogP) is 2.67. The van der Waals surface area contributed by atoms with Gasteiger partial charge < -0.3 is 9.47 Å². The molecule has 0 N–H and O–H groups in total. The van der Waals surface area contributed by atoms with E-state index in [2.05, 4.69) is 21.8 Å². The fourth-order valence-electron chi connectivity index (χ4n) is 1.01. The molecule has 0 aliphatic rings. The van der Waals surface area contributed by atoms with E-state index >= 15 is 0 Å². The molecule has 4 nitrogen and oxygen atoms in total. The first kappa shape index (κ1) is 14.6. The van der Waals surface area contributed by atoms with E-state index in [0.29, 0.717) is 25.0 Å². The third-order valence-corrected chi connectivity index (χ3v) is 1.88. The van der Waals surface area contributed by atoms with Crippen LogP contribution in [-0.2, 0) is 0 Å². The third kappa shape index (κ3) is 6.31. The molecule has 1 heterocycles. The number of aromatic nitrogens is 2. The molecule has 0 amide bonds. The van der Waals surface area contributed by atoms with Crippen LogP contribution in [0.15, 0.2) is 12.4 Å². The standard InChI is InChI=1S/C13H17ClN2O2/c1-4-5-6-7-17-11-8-12(16-10-15-11)18-9-13(2,3)14/h8,10H,4,7,9H2,1-3H3. The lowest BCUT2D eigenvalue weighted by atomic mass is 10.2. The minimum Gasteiger partial charge on any atom is -0.476 e. The first-order valence-electron chi connectivity index (χ1n) is 5.73. The Morgan fingerprint density at radius 2 is 1.89 bits per heavy atom. The van der Waals surface area contributed by atoms with Crippen molar-refractivity contribution in [3.63, 3.8) is 0 Å². The predicted molar refractivity (Wildman–Crippen MR) is 71.0 cm³/mol. The van der Waals surface area contributed by atoms with Crippen molar-refractivity contribution in [2.45, 2.75) is 32.1 Å². The summed E-state index contributed by atoms with van der Waals surface area (Å²) in [6.45, 7) is 6.39. The summed E-state index contributed by atoms with van der Waals surface area (Å²) < 4.78 is 10.8. The molecule has 0 aliphatic carbocycles. The Hall–Kier alpha value is -1.47. The molecule has 0 spiro atoms. The molecule has 5 heteroatoms. The van der Waals surface area contributed by atoms with E-state index in [9.17, 15) is 0 Å². The Morgan fingerprint density at radius 3 is 2.50 bits per heavy atom. The van der Waals surface area contributed by atoms with Crippen molar-refractivity contribution in [1.82, 2.24) is 9.97 Å². The maximum Gasteiger partial charge on any atom is 0.221 e. The van der Waals surface area contributed by atoms with Crippen LogP contribution >= 0.6 is 11.6 Å². The molecule has 0 radical (unpaired) electrons. The van der Waals surface area contributed by atoms with E-state index in [0.717, 1.165) is 6.42 Å². The Bertz CT molecular complexity index is 433. The lowest BCUT2D eigenvalue weighted by molar-refractivity contribution is 0.269. The molecule has 18 heavy (non-hydrogen) atoms. The molecule has 0 atom stereocenters. The van der Waals surface area contributed by atoms with E-state index in [1.54, 1.807) is 6.07 Å². The van der Waals surface area contributed by atoms with Gasteiger partial charge in [0.2, 0.25) is 11.8 Å². The van der Waals surface area contributed by atoms with Gasteiger partial charge in [0, 0.05) is 6.42 Å². The largest absolute Gasteiger partial charge is 0.476 e. The van der Waals surface area contributed by atoms with E-state index in [1.807, 2.05) is 20.8 Å². The molecule has 0 bridgehead atoms. The number of hydrogen-bond donors (Lipinski definition) is 0. The number of halogens is 1. The zero-order chi connectivity index (χ0) is 13.4. The number of ether oxygens (including phenoxy) is 2. The van der Waals surface area contributed by atoms with Crippen LogP contribution in [0.3, 0.4) is 0 Å². The topological polar surface area (TPSA) is 44.2 Å². The molecular weight excluding hydrogens is 252 g/mol. The highest BCUT2D eigenvalue weighted by atomic mass is 35.5. The highest BCUT2D eigenvalue weighted by molar-refractivity contribution is 6.23. The third-order valence-electron chi connectivity index (χ3n) is 1.77. The van der Waals surface area contributed by atoms with Crippen LogP contribution in [0.5, 0.6) is 11.8 Å². The summed E-state index contributed by atoms with van der Waals surface area (Å²) in [6, 6.07) is 1.62. The molecule has 1 aromatic heterocycles. The Kier molecular flexibility index (Phi) is 5.73. The van der Waals surface area contributed by atoms with Gasteiger partial charge in [0.05, 0.1) is 10.9 Å². The van der Waals surface area contributed by atoms with Crippen LogP contribution in [0.1, 0.15) is 27.2 Å². The van der Waals surface area contributed by atoms with Crippen molar-refractivity contribution < 1.29 is 9.47 Å². The number of nitrogens with zero attached hydrogens (tertiary/aromatic N) is 2. The zero-order valence-corrected chi connectivity index (χ0v) is 11.6. The fraction of sp³-hybridized carbons (Fsp3) is 0.538. The van der Waals surface area contributed by atoms with Gasteiger partial charge in [-0.05, 0) is 13.8 Å². The minimum absolute atomic E-state index is 0.311. The maximum atomic E-state index is 6.02. The van der Waals surface area contributed by atoms with E-state index in [4.69, 9.17) is 21.1 Å². The second-order valence-electron chi connectivity index (χ2n) is 4.20. The van der Waals surface area contributed by atoms with E-state index in [1.165, 1.54) is 6.33 Å². The number of hydrogen-bond acceptors (Lipinski definition) is 4. The van der Waals surface area contributed by atoms with Gasteiger partial charge in [-0.15, -0.1) is 17.5 Å². The quantitative estimate of drug-likeness (QED) is 0.608. The number of alkyl halides is 1. The summed E-state index contributed by atoms with van der Waals surface area (Å²) in [7, 11) is 0. The molecule has 0 aromatic carbocycles. The Balaban J connectivity index is 2.51. The lowest BCUT2D eigenvalue weighted by Gasteiger charge is -2.15. The smallest absolute Gasteiger partial charge is 0.221 e. The van der Waals surface area contributed by atoms with Crippen LogP contribution in [0.4, 0.5) is 0 Å². The lowest BCUT2D eigenvalue weighted by Crippen LogP contribution is -2.21. The highest BCUT2D eigenvalue weighted by Crippen LogP contribution is 2.17. The van der Waals surface area contributed by atoms with Gasteiger partial charge in [0.15, 0.2) is 6.61 Å². The normalized spacial score (nSPS) is 10.4. The van der Waals surface area contributed by atoms with E-state index < -0.39 is 4.87 Å². The van der Waals surface area contributed by atoms with Gasteiger partial charge in [-0.25, -0.2) is 9.97 Å². The van der Waals surface area contributed by atoms with Crippen molar-refractivity contribution >= 4 is 11.6 Å². The average molecular weight is 269 g/mol. The molecule has 0 saturated heterocycles. The van der Waals surface area contributed by atoms with Crippen molar-refractivity contribution in [2.24, 2.45) is 0 Å². The molecule has 1 aromatic rings. The molecule has 0 fully saturated rings. The summed E-state index contributed by atoms with van der Waals surface area (Å²) in [5.74, 6) is 6.66. The first-order chi connectivity index (χ1) is 8.51. The molecular formula is C13H17ClN2O2. The highest BCUT2D eigenvalue weighted by Gasteiger charge is 2.14. The SMILES string of the molecule is CCC#CCOc1cc(OCC(C)(C)Cl)ncn1. The monoisotopic (exact) mass is 268 g/mol. The van der Waals surface area contributed by atoms with Crippen molar-refractivity contribution in [1.29, 1.82) is 0 Å². The minimum atomic E-state index is -0.432. The number of rotatable bonds is 5. The van der Waals surface area contributed by atoms with Crippen LogP contribution < -0.4 is 9.47 Å². The van der Waals surface area contributed by atoms with Crippen molar-refractivity contribution in [2.75, 3.05) is 13.2 Å². The molecule has 0 saturated carbocycles. The van der Waals surface area contributed by atoms with Gasteiger partial charge in [0.1, 0.15) is 12.9 Å². The average Bonchev–Trinajstić information content (AvgIpc) is 2.32. The molecule has 98 valence electrons. The van der Waals surface area contributed by atoms with Crippen LogP contribution in [0.2, 0.25) is 0 Å². The second-order valence-corrected chi connectivity index (χ2v) is 5.22. The molecule has 0 aliphatic heterocycles. The molecule has 0 unspecified atom stereocenters. The van der Waals surface area contributed by atoms with Crippen LogP contribution in [0, 0.1) is 11.8 Å². The van der Waals surface area contributed by atoms with Gasteiger partial charge in [-0.2, -0.15) is 0 Å². The van der Waals surface area contributed by atoms with Crippen LogP contribution in [0.25, 0.3) is 0 Å². The summed E-state index contributed by atoms with van der Waals surface area (Å²) in [4.78, 5) is 7.51. The summed E-state index contributed by atoms with van der Waals surface area (Å²) in [6.07, 6.45) is 2.20. The Morgan fingerprint density at radius 1 is 1.22 bits per heavy atom. The Labute approximate surface area is 113 Å².